The summed E-state index contributed by atoms with van der Waals surface area (Å²) in [4.78, 5) is 4.55. The molecule has 2 aliphatic heterocycles. The molecule has 1 fully saturated rings. The molecule has 0 amide bonds. The van der Waals surface area contributed by atoms with Gasteiger partial charge in [-0.25, -0.2) is 0 Å². The summed E-state index contributed by atoms with van der Waals surface area (Å²) in [6, 6.07) is 0. The maximum absolute atomic E-state index is 5.39. The van der Waals surface area contributed by atoms with Crippen LogP contribution in [0.1, 0.15) is 33.1 Å². The molecule has 1 unspecified atom stereocenters. The highest BCUT2D eigenvalue weighted by Gasteiger charge is 2.30. The fourth-order valence-corrected chi connectivity index (χ4v) is 2.99. The Morgan fingerprint density at radius 3 is 2.87 bits per heavy atom. The van der Waals surface area contributed by atoms with Crippen molar-refractivity contribution >= 4 is 16.9 Å². The summed E-state index contributed by atoms with van der Waals surface area (Å²) in [5.74, 6) is 0. The van der Waals surface area contributed by atoms with Crippen LogP contribution in [-0.2, 0) is 4.74 Å². The van der Waals surface area contributed by atoms with Crippen LogP contribution >= 0.6 is 11.8 Å². The molecule has 0 saturated carbocycles. The van der Waals surface area contributed by atoms with Crippen LogP contribution in [0.4, 0.5) is 0 Å². The van der Waals surface area contributed by atoms with E-state index in [0.717, 1.165) is 37.8 Å². The van der Waals surface area contributed by atoms with Crippen molar-refractivity contribution in [1.82, 2.24) is 5.32 Å². The highest BCUT2D eigenvalue weighted by atomic mass is 32.2. The first-order valence-corrected chi connectivity index (χ1v) is 6.67. The van der Waals surface area contributed by atoms with E-state index < -0.39 is 0 Å². The quantitative estimate of drug-likeness (QED) is 0.785. The van der Waals surface area contributed by atoms with Gasteiger partial charge in [0.25, 0.3) is 0 Å². The lowest BCUT2D eigenvalue weighted by molar-refractivity contribution is 0.0528. The first-order valence-electron chi connectivity index (χ1n) is 5.79. The van der Waals surface area contributed by atoms with Gasteiger partial charge in [-0.15, -0.1) is 0 Å². The van der Waals surface area contributed by atoms with Gasteiger partial charge in [0.1, 0.15) is 0 Å². The second kappa shape index (κ2) is 4.74. The van der Waals surface area contributed by atoms with Crippen LogP contribution in [0.15, 0.2) is 4.99 Å². The Morgan fingerprint density at radius 2 is 2.27 bits per heavy atom. The van der Waals surface area contributed by atoms with Crippen molar-refractivity contribution in [3.63, 3.8) is 0 Å². The molecule has 2 heterocycles. The van der Waals surface area contributed by atoms with Crippen molar-refractivity contribution in [3.05, 3.63) is 0 Å². The van der Waals surface area contributed by atoms with Gasteiger partial charge in [0, 0.05) is 24.0 Å². The van der Waals surface area contributed by atoms with E-state index in [9.17, 15) is 0 Å². The van der Waals surface area contributed by atoms with Crippen molar-refractivity contribution in [2.45, 2.75) is 43.9 Å². The minimum absolute atomic E-state index is 0.201. The van der Waals surface area contributed by atoms with E-state index in [1.54, 1.807) is 0 Å². The third-order valence-corrected chi connectivity index (χ3v) is 4.45. The standard InChI is InChI=1S/C11H20N2OS/c1-3-9-8-12-10(15-9)13-11(2)4-6-14-7-5-11/h9H,3-8H2,1-2H3,(H,12,13). The Kier molecular flexibility index (Phi) is 3.57. The van der Waals surface area contributed by atoms with Crippen molar-refractivity contribution in [3.8, 4) is 0 Å². The summed E-state index contributed by atoms with van der Waals surface area (Å²) >= 11 is 1.90. The molecule has 4 heteroatoms. The average molecular weight is 228 g/mol. The lowest BCUT2D eigenvalue weighted by Crippen LogP contribution is -2.48. The highest BCUT2D eigenvalue weighted by Crippen LogP contribution is 2.26. The van der Waals surface area contributed by atoms with E-state index in [2.05, 4.69) is 24.2 Å². The van der Waals surface area contributed by atoms with Gasteiger partial charge in [0.15, 0.2) is 5.17 Å². The Labute approximate surface area is 96.1 Å². The summed E-state index contributed by atoms with van der Waals surface area (Å²) < 4.78 is 5.39. The van der Waals surface area contributed by atoms with Crippen molar-refractivity contribution in [2.24, 2.45) is 4.99 Å². The third-order valence-electron chi connectivity index (χ3n) is 3.18. The molecule has 0 aromatic heterocycles. The fourth-order valence-electron chi connectivity index (χ4n) is 1.90. The van der Waals surface area contributed by atoms with Gasteiger partial charge < -0.3 is 10.1 Å². The Balaban J connectivity index is 1.86. The molecule has 1 saturated heterocycles. The Bertz CT molecular complexity index is 249. The third kappa shape index (κ3) is 2.88. The van der Waals surface area contributed by atoms with Crippen LogP contribution in [0.3, 0.4) is 0 Å². The van der Waals surface area contributed by atoms with Crippen molar-refractivity contribution in [2.75, 3.05) is 19.8 Å². The van der Waals surface area contributed by atoms with Crippen molar-refractivity contribution < 1.29 is 4.74 Å². The van der Waals surface area contributed by atoms with Crippen LogP contribution in [0, 0.1) is 0 Å². The molecular formula is C11H20N2OS. The van der Waals surface area contributed by atoms with E-state index >= 15 is 0 Å². The SMILES string of the molecule is CCC1CN=C(NC2(C)CCOCC2)S1. The number of ether oxygens (including phenoxy) is 1. The molecule has 0 aromatic carbocycles. The molecule has 1 atom stereocenters. The van der Waals surface area contributed by atoms with Gasteiger partial charge in [-0.05, 0) is 26.2 Å². The monoisotopic (exact) mass is 228 g/mol. The number of aliphatic imine (C=N–C) groups is 1. The molecular weight excluding hydrogens is 208 g/mol. The first kappa shape index (κ1) is 11.3. The first-order chi connectivity index (χ1) is 7.22. The van der Waals surface area contributed by atoms with Gasteiger partial charge in [-0.2, -0.15) is 0 Å². The van der Waals surface area contributed by atoms with E-state index in [1.165, 1.54) is 6.42 Å². The molecule has 15 heavy (non-hydrogen) atoms. The van der Waals surface area contributed by atoms with Crippen LogP contribution in [0.2, 0.25) is 0 Å². The van der Waals surface area contributed by atoms with Gasteiger partial charge in [0.05, 0.1) is 6.54 Å². The highest BCUT2D eigenvalue weighted by molar-refractivity contribution is 8.14. The molecule has 2 aliphatic rings. The number of hydrogen-bond donors (Lipinski definition) is 1. The normalized spacial score (nSPS) is 30.0. The van der Waals surface area contributed by atoms with E-state index in [4.69, 9.17) is 4.74 Å². The second-order valence-corrected chi connectivity index (χ2v) is 5.88. The zero-order valence-electron chi connectivity index (χ0n) is 9.58. The molecule has 2 rings (SSSR count). The second-order valence-electron chi connectivity index (χ2n) is 4.59. The molecule has 0 bridgehead atoms. The summed E-state index contributed by atoms with van der Waals surface area (Å²) in [6.07, 6.45) is 3.38. The zero-order chi connectivity index (χ0) is 10.7. The molecule has 0 aliphatic carbocycles. The van der Waals surface area contributed by atoms with Gasteiger partial charge in [-0.3, -0.25) is 4.99 Å². The van der Waals surface area contributed by atoms with Gasteiger partial charge in [0.2, 0.25) is 0 Å². The molecule has 0 radical (unpaired) electrons. The number of hydrogen-bond acceptors (Lipinski definition) is 4. The van der Waals surface area contributed by atoms with Crippen LogP contribution in [0.5, 0.6) is 0 Å². The maximum Gasteiger partial charge on any atom is 0.157 e. The summed E-state index contributed by atoms with van der Waals surface area (Å²) in [7, 11) is 0. The predicted octanol–water partition coefficient (Wildman–Crippen LogP) is 2.03. The Hall–Kier alpha value is -0.220. The predicted molar refractivity (Wildman–Crippen MR) is 65.6 cm³/mol. The molecule has 1 N–H and O–H groups in total. The van der Waals surface area contributed by atoms with Gasteiger partial charge in [-0.1, -0.05) is 18.7 Å². The Morgan fingerprint density at radius 1 is 1.53 bits per heavy atom. The minimum Gasteiger partial charge on any atom is -0.381 e. The number of rotatable bonds is 2. The largest absolute Gasteiger partial charge is 0.381 e. The molecule has 0 aromatic rings. The molecule has 3 nitrogen and oxygen atoms in total. The minimum atomic E-state index is 0.201. The summed E-state index contributed by atoms with van der Waals surface area (Å²) in [6.45, 7) is 7.23. The molecule has 86 valence electrons. The summed E-state index contributed by atoms with van der Waals surface area (Å²) in [5, 5.41) is 5.43. The van der Waals surface area contributed by atoms with Crippen LogP contribution in [-0.4, -0.2) is 35.7 Å². The van der Waals surface area contributed by atoms with E-state index in [0.29, 0.717) is 5.25 Å². The van der Waals surface area contributed by atoms with Gasteiger partial charge >= 0.3 is 0 Å². The van der Waals surface area contributed by atoms with Crippen molar-refractivity contribution in [1.29, 1.82) is 0 Å². The number of amidine groups is 1. The average Bonchev–Trinajstić information content (AvgIpc) is 2.66. The van der Waals surface area contributed by atoms with Crippen LogP contribution in [0.25, 0.3) is 0 Å². The lowest BCUT2D eigenvalue weighted by Gasteiger charge is -2.35. The fraction of sp³-hybridized carbons (Fsp3) is 0.909. The smallest absolute Gasteiger partial charge is 0.157 e. The zero-order valence-corrected chi connectivity index (χ0v) is 10.4. The maximum atomic E-state index is 5.39. The summed E-state index contributed by atoms with van der Waals surface area (Å²) in [5.41, 5.74) is 0.201. The van der Waals surface area contributed by atoms with E-state index in [-0.39, 0.29) is 5.54 Å². The lowest BCUT2D eigenvalue weighted by atomic mass is 9.93. The molecule has 0 spiro atoms. The number of nitrogens with one attached hydrogen (secondary N) is 1. The van der Waals surface area contributed by atoms with E-state index in [1.807, 2.05) is 11.8 Å². The number of thioether (sulfide) groups is 1. The number of nitrogens with zero attached hydrogens (tertiary/aromatic N) is 1. The topological polar surface area (TPSA) is 33.6 Å². The van der Waals surface area contributed by atoms with Crippen LogP contribution < -0.4 is 5.32 Å².